The quantitative estimate of drug-likeness (QED) is 0.364. The van der Waals surface area contributed by atoms with Crippen LogP contribution in [0, 0.1) is 0 Å². The predicted octanol–water partition coefficient (Wildman–Crippen LogP) is 0.257. The molecule has 0 fully saturated rings. The van der Waals surface area contributed by atoms with Crippen molar-refractivity contribution in [1.82, 2.24) is 10.6 Å². The van der Waals surface area contributed by atoms with Gasteiger partial charge < -0.3 is 22.1 Å². The number of unbranched alkanes of at least 4 members (excludes halogenated alkanes) is 5. The van der Waals surface area contributed by atoms with E-state index in [0.29, 0.717) is 39.0 Å². The van der Waals surface area contributed by atoms with Crippen molar-refractivity contribution in [3.8, 4) is 0 Å². The normalized spacial score (nSPS) is 10.3. The van der Waals surface area contributed by atoms with Gasteiger partial charge in [0.05, 0.1) is 0 Å². The molecule has 0 aliphatic carbocycles. The Labute approximate surface area is 122 Å². The standard InChI is InChI=1S/C14H30N4O2/c15-9-11-17-13(19)7-5-3-1-2-4-6-8-14(20)18-12-10-16/h1-12,15-16H2,(H,17,19)(H,18,20). The second-order valence-corrected chi connectivity index (χ2v) is 4.90. The van der Waals surface area contributed by atoms with E-state index in [-0.39, 0.29) is 11.8 Å². The highest BCUT2D eigenvalue weighted by Gasteiger charge is 2.01. The summed E-state index contributed by atoms with van der Waals surface area (Å²) in [4.78, 5) is 22.6. The van der Waals surface area contributed by atoms with E-state index in [0.717, 1.165) is 38.5 Å². The molecule has 2 amide bonds. The highest BCUT2D eigenvalue weighted by molar-refractivity contribution is 5.76. The Hall–Kier alpha value is -1.14. The number of rotatable bonds is 13. The highest BCUT2D eigenvalue weighted by atomic mass is 16.2. The first-order valence-electron chi connectivity index (χ1n) is 7.64. The molecule has 6 heteroatoms. The van der Waals surface area contributed by atoms with E-state index in [9.17, 15) is 9.59 Å². The van der Waals surface area contributed by atoms with Crippen LogP contribution < -0.4 is 22.1 Å². The molecule has 0 aromatic carbocycles. The number of amides is 2. The molecular formula is C14H30N4O2. The third-order valence-electron chi connectivity index (χ3n) is 2.99. The fourth-order valence-electron chi connectivity index (χ4n) is 1.88. The Morgan fingerprint density at radius 1 is 0.650 bits per heavy atom. The maximum absolute atomic E-state index is 11.3. The summed E-state index contributed by atoms with van der Waals surface area (Å²) in [5.74, 6) is 0.180. The minimum Gasteiger partial charge on any atom is -0.355 e. The lowest BCUT2D eigenvalue weighted by molar-refractivity contribution is -0.122. The topological polar surface area (TPSA) is 110 Å². The van der Waals surface area contributed by atoms with E-state index in [2.05, 4.69) is 10.6 Å². The number of hydrogen-bond acceptors (Lipinski definition) is 4. The van der Waals surface area contributed by atoms with Crippen LogP contribution in [0.5, 0.6) is 0 Å². The Morgan fingerprint density at radius 2 is 1.00 bits per heavy atom. The van der Waals surface area contributed by atoms with Crippen LogP contribution in [0.15, 0.2) is 0 Å². The molecule has 0 aromatic rings. The van der Waals surface area contributed by atoms with E-state index in [1.165, 1.54) is 0 Å². The van der Waals surface area contributed by atoms with E-state index < -0.39 is 0 Å². The van der Waals surface area contributed by atoms with Crippen LogP contribution in [0.25, 0.3) is 0 Å². The van der Waals surface area contributed by atoms with Gasteiger partial charge >= 0.3 is 0 Å². The average Bonchev–Trinajstić information content (AvgIpc) is 2.45. The lowest BCUT2D eigenvalue weighted by Crippen LogP contribution is -2.28. The van der Waals surface area contributed by atoms with Crippen LogP contribution in [-0.4, -0.2) is 38.0 Å². The van der Waals surface area contributed by atoms with Gasteiger partial charge in [0.25, 0.3) is 0 Å². The number of carbonyl (C=O) groups is 2. The van der Waals surface area contributed by atoms with Crippen LogP contribution >= 0.6 is 0 Å². The lowest BCUT2D eigenvalue weighted by atomic mass is 10.1. The van der Waals surface area contributed by atoms with Gasteiger partial charge in [-0.05, 0) is 12.8 Å². The predicted molar refractivity (Wildman–Crippen MR) is 81.1 cm³/mol. The van der Waals surface area contributed by atoms with Crippen molar-refractivity contribution < 1.29 is 9.59 Å². The van der Waals surface area contributed by atoms with Crippen LogP contribution in [0.4, 0.5) is 0 Å². The fraction of sp³-hybridized carbons (Fsp3) is 0.857. The summed E-state index contributed by atoms with van der Waals surface area (Å²) in [6.45, 7) is 2.10. The van der Waals surface area contributed by atoms with Gasteiger partial charge in [-0.2, -0.15) is 0 Å². The molecule has 118 valence electrons. The van der Waals surface area contributed by atoms with Crippen LogP contribution in [0.3, 0.4) is 0 Å². The molecule has 0 spiro atoms. The van der Waals surface area contributed by atoms with Gasteiger partial charge in [0.1, 0.15) is 0 Å². The Kier molecular flexibility index (Phi) is 13.5. The maximum Gasteiger partial charge on any atom is 0.220 e. The van der Waals surface area contributed by atoms with E-state index >= 15 is 0 Å². The molecule has 6 N–H and O–H groups in total. The van der Waals surface area contributed by atoms with Crippen molar-refractivity contribution in [2.24, 2.45) is 11.5 Å². The van der Waals surface area contributed by atoms with Crippen molar-refractivity contribution in [3.05, 3.63) is 0 Å². The van der Waals surface area contributed by atoms with Crippen LogP contribution in [0.2, 0.25) is 0 Å². The van der Waals surface area contributed by atoms with Gasteiger partial charge in [-0.1, -0.05) is 25.7 Å². The van der Waals surface area contributed by atoms with Gasteiger partial charge in [0.2, 0.25) is 11.8 Å². The first-order chi connectivity index (χ1) is 9.70. The summed E-state index contributed by atoms with van der Waals surface area (Å²) >= 11 is 0. The van der Waals surface area contributed by atoms with Gasteiger partial charge in [0.15, 0.2) is 0 Å². The summed E-state index contributed by atoms with van der Waals surface area (Å²) in [6.07, 6.45) is 7.39. The Morgan fingerprint density at radius 3 is 1.35 bits per heavy atom. The molecule has 6 nitrogen and oxygen atoms in total. The maximum atomic E-state index is 11.3. The molecule has 0 aromatic heterocycles. The Bertz CT molecular complexity index is 234. The second kappa shape index (κ2) is 14.3. The zero-order chi connectivity index (χ0) is 15.1. The molecule has 20 heavy (non-hydrogen) atoms. The van der Waals surface area contributed by atoms with Gasteiger partial charge in [-0.3, -0.25) is 9.59 Å². The molecule has 0 radical (unpaired) electrons. The molecule has 0 unspecified atom stereocenters. The van der Waals surface area contributed by atoms with Crippen molar-refractivity contribution in [3.63, 3.8) is 0 Å². The first kappa shape index (κ1) is 18.9. The molecule has 0 saturated carbocycles. The highest BCUT2D eigenvalue weighted by Crippen LogP contribution is 2.08. The SMILES string of the molecule is NCCNC(=O)CCCCCCCCC(=O)NCCN. The fourth-order valence-corrected chi connectivity index (χ4v) is 1.88. The summed E-state index contributed by atoms with van der Waals surface area (Å²) in [5, 5.41) is 5.51. The number of hydrogen-bond donors (Lipinski definition) is 4. The van der Waals surface area contributed by atoms with E-state index in [1.54, 1.807) is 0 Å². The Balaban J connectivity index is 3.20. The van der Waals surface area contributed by atoms with Gasteiger partial charge in [0, 0.05) is 39.0 Å². The third kappa shape index (κ3) is 13.3. The summed E-state index contributed by atoms with van der Waals surface area (Å²) in [6, 6.07) is 0. The zero-order valence-corrected chi connectivity index (χ0v) is 12.5. The second-order valence-electron chi connectivity index (χ2n) is 4.90. The van der Waals surface area contributed by atoms with Crippen molar-refractivity contribution in [2.75, 3.05) is 26.2 Å². The largest absolute Gasteiger partial charge is 0.355 e. The summed E-state index contributed by atoms with van der Waals surface area (Å²) in [7, 11) is 0. The summed E-state index contributed by atoms with van der Waals surface area (Å²) < 4.78 is 0. The molecule has 0 heterocycles. The third-order valence-corrected chi connectivity index (χ3v) is 2.99. The summed E-state index contributed by atoms with van der Waals surface area (Å²) in [5.41, 5.74) is 10.6. The molecule has 0 aliphatic heterocycles. The number of nitrogens with two attached hydrogens (primary N) is 2. The molecule has 0 saturated heterocycles. The van der Waals surface area contributed by atoms with Gasteiger partial charge in [-0.25, -0.2) is 0 Å². The number of carbonyl (C=O) groups excluding carboxylic acids is 2. The van der Waals surface area contributed by atoms with Gasteiger partial charge in [-0.15, -0.1) is 0 Å². The smallest absolute Gasteiger partial charge is 0.220 e. The van der Waals surface area contributed by atoms with Crippen LogP contribution in [-0.2, 0) is 9.59 Å². The molecule has 0 rings (SSSR count). The van der Waals surface area contributed by atoms with Crippen molar-refractivity contribution in [2.45, 2.75) is 51.4 Å². The molecule has 0 bridgehead atoms. The monoisotopic (exact) mass is 286 g/mol. The zero-order valence-electron chi connectivity index (χ0n) is 12.5. The molecule has 0 aliphatic rings. The lowest BCUT2D eigenvalue weighted by Gasteiger charge is -2.04. The minimum atomic E-state index is 0.0898. The first-order valence-corrected chi connectivity index (χ1v) is 7.64. The molecule has 0 atom stereocenters. The van der Waals surface area contributed by atoms with E-state index in [1.807, 2.05) is 0 Å². The van der Waals surface area contributed by atoms with E-state index in [4.69, 9.17) is 11.5 Å². The average molecular weight is 286 g/mol. The number of nitrogens with one attached hydrogen (secondary N) is 2. The molecular weight excluding hydrogens is 256 g/mol. The van der Waals surface area contributed by atoms with Crippen LogP contribution in [0.1, 0.15) is 51.4 Å². The van der Waals surface area contributed by atoms with Crippen molar-refractivity contribution in [1.29, 1.82) is 0 Å². The van der Waals surface area contributed by atoms with Crippen molar-refractivity contribution >= 4 is 11.8 Å². The minimum absolute atomic E-state index is 0.0898.